The third kappa shape index (κ3) is 4.89. The van der Waals surface area contributed by atoms with Gasteiger partial charge in [-0.2, -0.15) is 0 Å². The highest BCUT2D eigenvalue weighted by atomic mass is 32.1. The van der Waals surface area contributed by atoms with Crippen molar-refractivity contribution in [3.63, 3.8) is 0 Å². The Morgan fingerprint density at radius 3 is 2.39 bits per heavy atom. The molecule has 122 valence electrons. The molecule has 0 aliphatic heterocycles. The summed E-state index contributed by atoms with van der Waals surface area (Å²) in [5.41, 5.74) is 1.38. The zero-order chi connectivity index (χ0) is 16.7. The van der Waals surface area contributed by atoms with Gasteiger partial charge in [-0.3, -0.25) is 9.59 Å². The summed E-state index contributed by atoms with van der Waals surface area (Å²) in [5.74, 6) is -0.268. The van der Waals surface area contributed by atoms with E-state index in [0.29, 0.717) is 23.5 Å². The first-order valence-corrected chi connectivity index (χ1v) is 8.51. The van der Waals surface area contributed by atoms with Crippen LogP contribution in [-0.4, -0.2) is 29.9 Å². The second-order valence-corrected chi connectivity index (χ2v) is 6.23. The minimum Gasteiger partial charge on any atom is -0.350 e. The van der Waals surface area contributed by atoms with Crippen molar-refractivity contribution in [1.29, 1.82) is 0 Å². The number of rotatable bonds is 7. The Kier molecular flexibility index (Phi) is 6.29. The lowest BCUT2D eigenvalue weighted by molar-refractivity contribution is 0.0929. The highest BCUT2D eigenvalue weighted by Crippen LogP contribution is 2.19. The lowest BCUT2D eigenvalue weighted by Crippen LogP contribution is -2.34. The van der Waals surface area contributed by atoms with Crippen LogP contribution in [0.25, 0.3) is 0 Å². The van der Waals surface area contributed by atoms with Gasteiger partial charge in [-0.25, -0.2) is 4.98 Å². The van der Waals surface area contributed by atoms with Crippen molar-refractivity contribution in [2.45, 2.75) is 26.7 Å². The summed E-state index contributed by atoms with van der Waals surface area (Å²) in [6.45, 7) is 4.71. The summed E-state index contributed by atoms with van der Waals surface area (Å²) in [7, 11) is 0. The number of amides is 2. The van der Waals surface area contributed by atoms with E-state index in [2.05, 4.69) is 22.5 Å². The van der Waals surface area contributed by atoms with E-state index in [1.165, 1.54) is 11.3 Å². The summed E-state index contributed by atoms with van der Waals surface area (Å²) in [4.78, 5) is 29.1. The molecule has 23 heavy (non-hydrogen) atoms. The van der Waals surface area contributed by atoms with E-state index in [1.54, 1.807) is 12.1 Å². The Morgan fingerprint density at radius 2 is 1.74 bits per heavy atom. The highest BCUT2D eigenvalue weighted by molar-refractivity contribution is 7.13. The van der Waals surface area contributed by atoms with Crippen molar-refractivity contribution in [3.05, 3.63) is 51.5 Å². The number of carbonyl (C=O) groups is 2. The van der Waals surface area contributed by atoms with Gasteiger partial charge in [0.2, 0.25) is 0 Å². The van der Waals surface area contributed by atoms with Gasteiger partial charge >= 0.3 is 0 Å². The molecule has 1 aromatic carbocycles. The van der Waals surface area contributed by atoms with Gasteiger partial charge in [0.25, 0.3) is 11.8 Å². The maximum absolute atomic E-state index is 12.1. The molecule has 0 saturated heterocycles. The monoisotopic (exact) mass is 331 g/mol. The highest BCUT2D eigenvalue weighted by Gasteiger charge is 2.14. The average Bonchev–Trinajstić information content (AvgIpc) is 2.93. The molecular formula is C17H21N3O2S. The van der Waals surface area contributed by atoms with Crippen LogP contribution in [-0.2, 0) is 6.42 Å². The van der Waals surface area contributed by atoms with Gasteiger partial charge < -0.3 is 10.6 Å². The Hall–Kier alpha value is -2.21. The molecule has 2 rings (SSSR count). The third-order valence-electron chi connectivity index (χ3n) is 3.24. The van der Waals surface area contributed by atoms with Crippen LogP contribution in [0, 0.1) is 6.92 Å². The third-order valence-corrected chi connectivity index (χ3v) is 4.46. The van der Waals surface area contributed by atoms with E-state index in [-0.39, 0.29) is 11.8 Å². The van der Waals surface area contributed by atoms with Gasteiger partial charge in [-0.05, 0) is 31.9 Å². The van der Waals surface area contributed by atoms with Crippen molar-refractivity contribution < 1.29 is 9.59 Å². The first kappa shape index (κ1) is 17.1. The second-order valence-electron chi connectivity index (χ2n) is 5.15. The smallest absolute Gasteiger partial charge is 0.263 e. The van der Waals surface area contributed by atoms with Crippen molar-refractivity contribution in [1.82, 2.24) is 15.6 Å². The molecule has 0 unspecified atom stereocenters. The van der Waals surface area contributed by atoms with E-state index >= 15 is 0 Å². The number of carbonyl (C=O) groups excluding carboxylic acids is 2. The number of nitrogens with zero attached hydrogens (tertiary/aromatic N) is 1. The van der Waals surface area contributed by atoms with Gasteiger partial charge in [-0.1, -0.05) is 25.1 Å². The molecule has 6 heteroatoms. The topological polar surface area (TPSA) is 71.1 Å². The molecule has 0 spiro atoms. The molecule has 0 bridgehead atoms. The number of hydrogen-bond acceptors (Lipinski definition) is 4. The fourth-order valence-corrected chi connectivity index (χ4v) is 3.19. The summed E-state index contributed by atoms with van der Waals surface area (Å²) in [5, 5.41) is 6.59. The minimum atomic E-state index is -0.140. The zero-order valence-electron chi connectivity index (χ0n) is 13.4. The first-order valence-electron chi connectivity index (χ1n) is 7.69. The standard InChI is InChI=1S/C17H21N3O2S/c1-3-7-14-20-12(2)15(23-14)17(22)19-11-10-18-16(21)13-8-5-4-6-9-13/h4-6,8-9H,3,7,10-11H2,1-2H3,(H,18,21)(H,19,22). The van der Waals surface area contributed by atoms with Crippen LogP contribution in [0.15, 0.2) is 30.3 Å². The normalized spacial score (nSPS) is 10.3. The molecule has 0 aliphatic carbocycles. The molecule has 2 amide bonds. The number of hydrogen-bond donors (Lipinski definition) is 2. The molecule has 0 fully saturated rings. The molecule has 1 heterocycles. The van der Waals surface area contributed by atoms with Crippen LogP contribution in [0.4, 0.5) is 0 Å². The van der Waals surface area contributed by atoms with Gasteiger partial charge in [-0.15, -0.1) is 11.3 Å². The second kappa shape index (κ2) is 8.43. The maximum atomic E-state index is 12.1. The van der Waals surface area contributed by atoms with E-state index in [9.17, 15) is 9.59 Å². The molecule has 0 aliphatic rings. The predicted octanol–water partition coefficient (Wildman–Crippen LogP) is 2.56. The molecule has 0 radical (unpaired) electrons. The first-order chi connectivity index (χ1) is 11.1. The Balaban J connectivity index is 1.78. The van der Waals surface area contributed by atoms with Gasteiger partial charge in [0.15, 0.2) is 0 Å². The van der Waals surface area contributed by atoms with Crippen LogP contribution in [0.3, 0.4) is 0 Å². The average molecular weight is 331 g/mol. The van der Waals surface area contributed by atoms with Crippen LogP contribution < -0.4 is 10.6 Å². The maximum Gasteiger partial charge on any atom is 0.263 e. The molecule has 1 aromatic heterocycles. The fraction of sp³-hybridized carbons (Fsp3) is 0.353. The predicted molar refractivity (Wildman–Crippen MR) is 92.0 cm³/mol. The molecule has 5 nitrogen and oxygen atoms in total. The SMILES string of the molecule is CCCc1nc(C)c(C(=O)NCCNC(=O)c2ccccc2)s1. The summed E-state index contributed by atoms with van der Waals surface area (Å²) < 4.78 is 0. The van der Waals surface area contributed by atoms with Gasteiger partial charge in [0.05, 0.1) is 10.7 Å². The quantitative estimate of drug-likeness (QED) is 0.766. The lowest BCUT2D eigenvalue weighted by atomic mass is 10.2. The molecule has 0 saturated carbocycles. The Bertz CT molecular complexity index is 668. The zero-order valence-corrected chi connectivity index (χ0v) is 14.2. The van der Waals surface area contributed by atoms with Gasteiger partial charge in [0.1, 0.15) is 4.88 Å². The largest absolute Gasteiger partial charge is 0.350 e. The van der Waals surface area contributed by atoms with E-state index < -0.39 is 0 Å². The van der Waals surface area contributed by atoms with E-state index in [4.69, 9.17) is 0 Å². The molecular weight excluding hydrogens is 310 g/mol. The van der Waals surface area contributed by atoms with E-state index in [1.807, 2.05) is 25.1 Å². The lowest BCUT2D eigenvalue weighted by Gasteiger charge is -2.06. The van der Waals surface area contributed by atoms with Crippen LogP contribution in [0.2, 0.25) is 0 Å². The van der Waals surface area contributed by atoms with Crippen molar-refractivity contribution >= 4 is 23.2 Å². The molecule has 2 aromatic rings. The Morgan fingerprint density at radius 1 is 1.09 bits per heavy atom. The molecule has 2 N–H and O–H groups in total. The number of nitrogens with one attached hydrogen (secondary N) is 2. The van der Waals surface area contributed by atoms with Crippen molar-refractivity contribution in [2.75, 3.05) is 13.1 Å². The van der Waals surface area contributed by atoms with Crippen molar-refractivity contribution in [2.24, 2.45) is 0 Å². The number of thiazole rings is 1. The van der Waals surface area contributed by atoms with Crippen LogP contribution in [0.1, 0.15) is 44.1 Å². The fourth-order valence-electron chi connectivity index (χ4n) is 2.11. The van der Waals surface area contributed by atoms with E-state index in [0.717, 1.165) is 23.5 Å². The van der Waals surface area contributed by atoms with Crippen LogP contribution >= 0.6 is 11.3 Å². The van der Waals surface area contributed by atoms with Crippen molar-refractivity contribution in [3.8, 4) is 0 Å². The summed E-state index contributed by atoms with van der Waals surface area (Å²) in [6.07, 6.45) is 1.91. The summed E-state index contributed by atoms with van der Waals surface area (Å²) in [6, 6.07) is 9.00. The molecule has 0 atom stereocenters. The van der Waals surface area contributed by atoms with Crippen LogP contribution in [0.5, 0.6) is 0 Å². The Labute approximate surface area is 140 Å². The van der Waals surface area contributed by atoms with Gasteiger partial charge in [0, 0.05) is 18.7 Å². The minimum absolute atomic E-state index is 0.128. The number of aromatic nitrogens is 1. The summed E-state index contributed by atoms with van der Waals surface area (Å²) >= 11 is 1.44. The number of benzene rings is 1. The number of aryl methyl sites for hydroxylation is 2.